The Labute approximate surface area is 108 Å². The molecule has 0 aliphatic rings. The molecule has 0 aromatic rings. The molecule has 0 aliphatic heterocycles. The summed E-state index contributed by atoms with van der Waals surface area (Å²) in [4.78, 5) is 9.96. The van der Waals surface area contributed by atoms with Crippen molar-refractivity contribution in [3.63, 3.8) is 0 Å². The number of hydrogen-bond acceptors (Lipinski definition) is 4. The van der Waals surface area contributed by atoms with Crippen LogP contribution in [0, 0.1) is 0 Å². The van der Waals surface area contributed by atoms with Crippen molar-refractivity contribution in [3.8, 4) is 0 Å². The molecular formula is C5H10KNO2S. The SMILES string of the molecule is CSCC[C@H](N)C(=O)[O-].[K+]. The first kappa shape index (κ1) is 14.0. The first-order valence-corrected chi connectivity index (χ1v) is 4.03. The topological polar surface area (TPSA) is 66.2 Å². The van der Waals surface area contributed by atoms with Crippen molar-refractivity contribution in [2.45, 2.75) is 12.5 Å². The minimum atomic E-state index is -1.16. The van der Waals surface area contributed by atoms with Crippen LogP contribution in [0.5, 0.6) is 0 Å². The van der Waals surface area contributed by atoms with Crippen LogP contribution < -0.4 is 62.2 Å². The molecule has 0 fully saturated rings. The van der Waals surface area contributed by atoms with Gasteiger partial charge in [0.15, 0.2) is 0 Å². The van der Waals surface area contributed by atoms with Gasteiger partial charge in [0.25, 0.3) is 0 Å². The van der Waals surface area contributed by atoms with Gasteiger partial charge in [-0.3, -0.25) is 0 Å². The van der Waals surface area contributed by atoms with E-state index in [0.29, 0.717) is 6.42 Å². The summed E-state index contributed by atoms with van der Waals surface area (Å²) >= 11 is 1.58. The summed E-state index contributed by atoms with van der Waals surface area (Å²) in [6, 6.07) is -0.794. The number of carbonyl (C=O) groups excluding carboxylic acids is 1. The number of hydrogen-bond donors (Lipinski definition) is 1. The maximum atomic E-state index is 9.96. The smallest absolute Gasteiger partial charge is 0.548 e. The normalized spacial score (nSPS) is 11.8. The van der Waals surface area contributed by atoms with Crippen LogP contribution in [0.2, 0.25) is 0 Å². The number of carboxylic acids is 1. The number of rotatable bonds is 4. The zero-order valence-electron chi connectivity index (χ0n) is 6.29. The summed E-state index contributed by atoms with van der Waals surface area (Å²) in [7, 11) is 0. The van der Waals surface area contributed by atoms with Crippen LogP contribution in [-0.4, -0.2) is 24.0 Å². The summed E-state index contributed by atoms with van der Waals surface area (Å²) in [6.07, 6.45) is 2.39. The van der Waals surface area contributed by atoms with E-state index in [2.05, 4.69) is 0 Å². The maximum absolute atomic E-state index is 9.96. The summed E-state index contributed by atoms with van der Waals surface area (Å²) in [5.41, 5.74) is 5.13. The molecule has 1 atom stereocenters. The number of carbonyl (C=O) groups is 1. The molecule has 0 unspecified atom stereocenters. The van der Waals surface area contributed by atoms with E-state index in [1.165, 1.54) is 0 Å². The van der Waals surface area contributed by atoms with E-state index in [9.17, 15) is 9.90 Å². The van der Waals surface area contributed by atoms with Crippen molar-refractivity contribution in [1.29, 1.82) is 0 Å². The van der Waals surface area contributed by atoms with E-state index < -0.39 is 12.0 Å². The molecule has 0 aromatic heterocycles. The van der Waals surface area contributed by atoms with Gasteiger partial charge in [0, 0.05) is 6.04 Å². The second-order valence-electron chi connectivity index (χ2n) is 1.71. The van der Waals surface area contributed by atoms with Gasteiger partial charge >= 0.3 is 51.4 Å². The van der Waals surface area contributed by atoms with Crippen LogP contribution in [0.25, 0.3) is 0 Å². The van der Waals surface area contributed by atoms with Crippen molar-refractivity contribution in [1.82, 2.24) is 0 Å². The molecule has 0 saturated heterocycles. The Morgan fingerprint density at radius 2 is 2.30 bits per heavy atom. The van der Waals surface area contributed by atoms with E-state index in [4.69, 9.17) is 5.73 Å². The van der Waals surface area contributed by atoms with Crippen LogP contribution in [0.3, 0.4) is 0 Å². The van der Waals surface area contributed by atoms with Gasteiger partial charge in [0.2, 0.25) is 0 Å². The third kappa shape index (κ3) is 7.52. The van der Waals surface area contributed by atoms with Crippen LogP contribution in [0.1, 0.15) is 6.42 Å². The van der Waals surface area contributed by atoms with Gasteiger partial charge in [0.1, 0.15) is 0 Å². The first-order valence-electron chi connectivity index (χ1n) is 2.64. The number of carboxylic acid groups (broad SMARTS) is 1. The molecule has 0 aliphatic carbocycles. The Balaban J connectivity index is 0. The van der Waals surface area contributed by atoms with Gasteiger partial charge in [-0.1, -0.05) is 0 Å². The van der Waals surface area contributed by atoms with Crippen molar-refractivity contribution in [2.75, 3.05) is 12.0 Å². The Morgan fingerprint density at radius 1 is 1.80 bits per heavy atom. The Hall–Kier alpha value is 1.42. The Bertz CT molecular complexity index is 102. The molecule has 0 bridgehead atoms. The number of nitrogens with two attached hydrogens (primary N) is 1. The Kier molecular flexibility index (Phi) is 11.9. The van der Waals surface area contributed by atoms with E-state index in [1.807, 2.05) is 6.26 Å². The minimum Gasteiger partial charge on any atom is -0.548 e. The maximum Gasteiger partial charge on any atom is 1.00 e. The second kappa shape index (κ2) is 8.51. The molecule has 0 amide bonds. The number of thioether (sulfide) groups is 1. The van der Waals surface area contributed by atoms with E-state index in [0.717, 1.165) is 5.75 Å². The van der Waals surface area contributed by atoms with Gasteiger partial charge in [-0.15, -0.1) is 0 Å². The van der Waals surface area contributed by atoms with E-state index in [1.54, 1.807) is 11.8 Å². The zero-order chi connectivity index (χ0) is 7.28. The van der Waals surface area contributed by atoms with Crippen LogP contribution >= 0.6 is 11.8 Å². The van der Waals surface area contributed by atoms with Crippen molar-refractivity contribution >= 4 is 17.7 Å². The Morgan fingerprint density at radius 3 is 2.60 bits per heavy atom. The van der Waals surface area contributed by atoms with Crippen LogP contribution in [-0.2, 0) is 4.79 Å². The fourth-order valence-electron chi connectivity index (χ4n) is 0.363. The number of aliphatic carboxylic acids is 1. The summed E-state index contributed by atoms with van der Waals surface area (Å²) in [5.74, 6) is -0.390. The molecule has 0 saturated carbocycles. The molecule has 0 aromatic carbocycles. The van der Waals surface area contributed by atoms with E-state index >= 15 is 0 Å². The minimum absolute atomic E-state index is 0. The monoisotopic (exact) mass is 187 g/mol. The largest absolute Gasteiger partial charge is 1.00 e. The van der Waals surface area contributed by atoms with Crippen LogP contribution in [0.4, 0.5) is 0 Å². The average Bonchev–Trinajstić information content (AvgIpc) is 1.82. The summed E-state index contributed by atoms with van der Waals surface area (Å²) in [5, 5.41) is 9.96. The first-order chi connectivity index (χ1) is 4.18. The molecule has 5 heteroatoms. The fourth-order valence-corrected chi connectivity index (χ4v) is 0.852. The average molecular weight is 187 g/mol. The predicted octanol–water partition coefficient (Wildman–Crippen LogP) is -4.18. The molecule has 0 heterocycles. The van der Waals surface area contributed by atoms with Gasteiger partial charge in [-0.05, 0) is 18.4 Å². The van der Waals surface area contributed by atoms with Gasteiger partial charge in [-0.25, -0.2) is 0 Å². The molecular weight excluding hydrogens is 177 g/mol. The van der Waals surface area contributed by atoms with Crippen molar-refractivity contribution in [2.24, 2.45) is 5.73 Å². The second-order valence-corrected chi connectivity index (χ2v) is 2.69. The molecule has 0 spiro atoms. The van der Waals surface area contributed by atoms with Gasteiger partial charge in [-0.2, -0.15) is 11.8 Å². The summed E-state index contributed by atoms with van der Waals surface area (Å²) in [6.45, 7) is 0. The van der Waals surface area contributed by atoms with E-state index in [-0.39, 0.29) is 51.4 Å². The molecule has 0 rings (SSSR count). The van der Waals surface area contributed by atoms with Crippen LogP contribution in [0.15, 0.2) is 0 Å². The zero-order valence-corrected chi connectivity index (χ0v) is 10.2. The molecule has 3 nitrogen and oxygen atoms in total. The third-order valence-corrected chi connectivity index (χ3v) is 1.58. The van der Waals surface area contributed by atoms with Crippen molar-refractivity contribution in [3.05, 3.63) is 0 Å². The summed E-state index contributed by atoms with van der Waals surface area (Å²) < 4.78 is 0. The third-order valence-electron chi connectivity index (χ3n) is 0.936. The standard InChI is InChI=1S/C5H11NO2S.K/c1-9-3-2-4(6)5(7)8;/h4H,2-3,6H2,1H3,(H,7,8);/q;+1/p-1/t4-;/m0./s1. The van der Waals surface area contributed by atoms with Gasteiger partial charge in [0.05, 0.1) is 5.97 Å². The van der Waals surface area contributed by atoms with Gasteiger partial charge < -0.3 is 15.6 Å². The molecule has 2 N–H and O–H groups in total. The quantitative estimate of drug-likeness (QED) is 0.454. The molecule has 10 heavy (non-hydrogen) atoms. The fraction of sp³-hybridized carbons (Fsp3) is 0.800. The predicted molar refractivity (Wildman–Crippen MR) is 36.0 cm³/mol. The molecule has 0 radical (unpaired) electrons. The molecule has 54 valence electrons. The van der Waals surface area contributed by atoms with Crippen molar-refractivity contribution < 1.29 is 61.3 Å².